The number of ether oxygens (including phenoxy) is 2. The van der Waals surface area contributed by atoms with Crippen LogP contribution in [-0.4, -0.2) is 46.9 Å². The third-order valence-electron chi connectivity index (χ3n) is 5.49. The van der Waals surface area contributed by atoms with Crippen LogP contribution in [0.3, 0.4) is 0 Å². The van der Waals surface area contributed by atoms with Crippen LogP contribution in [0.15, 0.2) is 48.7 Å². The number of alkyl halides is 3. The van der Waals surface area contributed by atoms with Crippen LogP contribution in [0.2, 0.25) is 0 Å². The topological polar surface area (TPSA) is 118 Å². The lowest BCUT2D eigenvalue weighted by Crippen LogP contribution is -2.28. The number of benzene rings is 2. The molecule has 0 unspecified atom stereocenters. The van der Waals surface area contributed by atoms with Crippen molar-refractivity contribution in [3.05, 3.63) is 71.3 Å². The van der Waals surface area contributed by atoms with Gasteiger partial charge >= 0.3 is 6.36 Å². The largest absolute Gasteiger partial charge is 0.573 e. The van der Waals surface area contributed by atoms with E-state index >= 15 is 0 Å². The van der Waals surface area contributed by atoms with Crippen LogP contribution in [0.4, 0.5) is 17.6 Å². The number of carbonyl (C=O) groups is 2. The summed E-state index contributed by atoms with van der Waals surface area (Å²) in [5.74, 6) is -4.49. The van der Waals surface area contributed by atoms with E-state index < -0.39 is 67.6 Å². The molecule has 4 rings (SSSR count). The lowest BCUT2D eigenvalue weighted by Gasteiger charge is -2.18. The van der Waals surface area contributed by atoms with E-state index in [9.17, 15) is 27.2 Å². The fraction of sp³-hybridized carbons (Fsp3) is 0.231. The van der Waals surface area contributed by atoms with Crippen LogP contribution in [0, 0.1) is 5.82 Å². The Morgan fingerprint density at radius 1 is 1.15 bits per heavy atom. The number of carbonyl (C=O) groups excluding carboxylic acids is 2. The van der Waals surface area contributed by atoms with Crippen molar-refractivity contribution in [3.63, 3.8) is 0 Å². The van der Waals surface area contributed by atoms with Crippen molar-refractivity contribution in [3.8, 4) is 22.8 Å². The van der Waals surface area contributed by atoms with Gasteiger partial charge in [-0.2, -0.15) is 5.10 Å². The van der Waals surface area contributed by atoms with Gasteiger partial charge in [-0.3, -0.25) is 14.7 Å². The SMILES string of the molecule is [2H]C([2H])([2H])Oc1ncc(-c2ccc3c(C(=O)NC([2H])([2H])C([2H])([2H])[2H])n[nH]c3c2)cc1C(=O)N[C@H](C)c1cc(OC(F)(F)F)ccc1F. The lowest BCUT2D eigenvalue weighted by atomic mass is 10.0. The molecule has 204 valence electrons. The molecule has 0 radical (unpaired) electrons. The average molecular weight is 554 g/mol. The summed E-state index contributed by atoms with van der Waals surface area (Å²) in [6.45, 7) is -4.95. The molecule has 3 N–H and O–H groups in total. The molecule has 4 aromatic rings. The second kappa shape index (κ2) is 11.0. The van der Waals surface area contributed by atoms with E-state index in [1.165, 1.54) is 31.2 Å². The molecule has 0 aliphatic heterocycles. The Balaban J connectivity index is 1.66. The van der Waals surface area contributed by atoms with Crippen molar-refractivity contribution in [2.45, 2.75) is 26.2 Å². The minimum atomic E-state index is -5.06. The maximum atomic E-state index is 14.5. The highest BCUT2D eigenvalue weighted by atomic mass is 19.4. The summed E-state index contributed by atoms with van der Waals surface area (Å²) < 4.78 is 121. The van der Waals surface area contributed by atoms with Crippen LogP contribution >= 0.6 is 0 Å². The molecule has 0 bridgehead atoms. The van der Waals surface area contributed by atoms with Gasteiger partial charge in [0.25, 0.3) is 11.8 Å². The lowest BCUT2D eigenvalue weighted by molar-refractivity contribution is -0.274. The normalized spacial score (nSPS) is 16.2. The molecular formula is C26H23F4N5O4. The number of halogens is 4. The van der Waals surface area contributed by atoms with Crippen LogP contribution in [0.5, 0.6) is 11.6 Å². The van der Waals surface area contributed by atoms with Crippen LogP contribution in [0.1, 0.15) is 57.2 Å². The molecule has 2 aromatic heterocycles. The number of pyridine rings is 1. The molecule has 0 saturated heterocycles. The van der Waals surface area contributed by atoms with E-state index in [0.717, 1.165) is 18.3 Å². The first kappa shape index (κ1) is 18.6. The number of hydrogen-bond donors (Lipinski definition) is 3. The quantitative estimate of drug-likeness (QED) is 0.267. The summed E-state index contributed by atoms with van der Waals surface area (Å²) in [7, 11) is -3.05. The highest BCUT2D eigenvalue weighted by Crippen LogP contribution is 2.30. The van der Waals surface area contributed by atoms with Gasteiger partial charge in [-0.05, 0) is 55.7 Å². The Morgan fingerprint density at radius 3 is 2.72 bits per heavy atom. The number of fused-ring (bicyclic) bond motifs is 1. The summed E-state index contributed by atoms with van der Waals surface area (Å²) in [6, 6.07) is 6.42. The number of nitrogens with zero attached hydrogens (tertiary/aromatic N) is 2. The predicted molar refractivity (Wildman–Crippen MR) is 133 cm³/mol. The van der Waals surface area contributed by atoms with E-state index in [2.05, 4.69) is 25.2 Å². The second-order valence-corrected chi connectivity index (χ2v) is 8.02. The van der Waals surface area contributed by atoms with Gasteiger partial charge in [0.05, 0.1) is 22.7 Å². The van der Waals surface area contributed by atoms with Crippen LogP contribution in [0.25, 0.3) is 22.0 Å². The third-order valence-corrected chi connectivity index (χ3v) is 5.49. The summed E-state index contributed by atoms with van der Waals surface area (Å²) >= 11 is 0. The number of nitrogens with one attached hydrogen (secondary N) is 3. The summed E-state index contributed by atoms with van der Waals surface area (Å²) in [6.07, 6.45) is -3.90. The van der Waals surface area contributed by atoms with E-state index in [-0.39, 0.29) is 27.7 Å². The number of methoxy groups -OCH3 is 1. The van der Waals surface area contributed by atoms with Crippen LogP contribution in [-0.2, 0) is 0 Å². The van der Waals surface area contributed by atoms with Gasteiger partial charge in [0.1, 0.15) is 17.1 Å². The van der Waals surface area contributed by atoms with Gasteiger partial charge in [-0.1, -0.05) is 6.07 Å². The molecule has 2 amide bonds. The van der Waals surface area contributed by atoms with Gasteiger partial charge in [-0.15, -0.1) is 13.2 Å². The van der Waals surface area contributed by atoms with E-state index in [1.807, 2.05) is 0 Å². The maximum Gasteiger partial charge on any atom is 0.573 e. The average Bonchev–Trinajstić information content (AvgIpc) is 3.35. The highest BCUT2D eigenvalue weighted by molar-refractivity contribution is 6.05. The fourth-order valence-corrected chi connectivity index (χ4v) is 3.75. The molecule has 0 saturated carbocycles. The van der Waals surface area contributed by atoms with E-state index in [0.29, 0.717) is 11.6 Å². The first-order valence-corrected chi connectivity index (χ1v) is 10.9. The summed E-state index contributed by atoms with van der Waals surface area (Å²) in [5.41, 5.74) is -0.367. The number of rotatable bonds is 8. The molecule has 0 fully saturated rings. The standard InChI is InChI=1S/C26H23F4N5O4/c1-4-31-24(37)22-17-7-5-14(10-21(17)34-35-22)15-9-19(25(38-3)32-12-15)23(36)33-13(2)18-11-16(6-8-20(18)27)39-26(28,29)30/h5-13H,4H2,1-3H3,(H,31,37)(H,33,36)(H,34,35)/t13-/m1/s1/i1D3,3D3,4D2. The zero-order chi connectivity index (χ0) is 35.1. The van der Waals surface area contributed by atoms with Gasteiger partial charge in [-0.25, -0.2) is 9.37 Å². The molecule has 0 aliphatic rings. The minimum Gasteiger partial charge on any atom is -0.480 e. The van der Waals surface area contributed by atoms with Crippen molar-refractivity contribution >= 4 is 22.7 Å². The predicted octanol–water partition coefficient (Wildman–Crippen LogP) is 4.91. The van der Waals surface area contributed by atoms with Crippen molar-refractivity contribution in [1.82, 2.24) is 25.8 Å². The van der Waals surface area contributed by atoms with Crippen molar-refractivity contribution in [2.24, 2.45) is 0 Å². The molecule has 2 heterocycles. The smallest absolute Gasteiger partial charge is 0.480 e. The zero-order valence-corrected chi connectivity index (χ0v) is 19.7. The number of aromatic amines is 1. The highest BCUT2D eigenvalue weighted by Gasteiger charge is 2.31. The molecule has 0 spiro atoms. The molecule has 1 atom stereocenters. The first-order valence-electron chi connectivity index (χ1n) is 14.9. The monoisotopic (exact) mass is 553 g/mol. The molecular weight excluding hydrogens is 522 g/mol. The van der Waals surface area contributed by atoms with Gasteiger partial charge in [0.2, 0.25) is 5.88 Å². The molecule has 39 heavy (non-hydrogen) atoms. The molecule has 0 aliphatic carbocycles. The van der Waals surface area contributed by atoms with Gasteiger partial charge < -0.3 is 20.1 Å². The van der Waals surface area contributed by atoms with Crippen molar-refractivity contribution in [1.29, 1.82) is 0 Å². The van der Waals surface area contributed by atoms with Crippen molar-refractivity contribution in [2.75, 3.05) is 13.5 Å². The third kappa shape index (κ3) is 6.08. The Kier molecular flexibility index (Phi) is 5.22. The molecule has 2 aromatic carbocycles. The van der Waals surface area contributed by atoms with E-state index in [4.69, 9.17) is 15.7 Å². The number of H-pyrrole nitrogens is 1. The Bertz CT molecular complexity index is 1830. The molecule has 9 nitrogen and oxygen atoms in total. The molecule has 13 heteroatoms. The maximum absolute atomic E-state index is 14.5. The zero-order valence-electron chi connectivity index (χ0n) is 27.7. The van der Waals surface area contributed by atoms with E-state index in [1.54, 1.807) is 5.32 Å². The first-order chi connectivity index (χ1) is 21.5. The number of aromatic nitrogens is 3. The Morgan fingerprint density at radius 2 is 1.97 bits per heavy atom. The number of hydrogen-bond acceptors (Lipinski definition) is 6. The van der Waals surface area contributed by atoms with Crippen LogP contribution < -0.4 is 20.1 Å². The Hall–Kier alpha value is -4.68. The number of amides is 2. The van der Waals surface area contributed by atoms with Gasteiger partial charge in [0.15, 0.2) is 5.69 Å². The summed E-state index contributed by atoms with van der Waals surface area (Å²) in [4.78, 5) is 29.9. The Labute approximate surface area is 230 Å². The summed E-state index contributed by atoms with van der Waals surface area (Å²) in [5, 5.41) is 10.7. The fourth-order valence-electron chi connectivity index (χ4n) is 3.75. The second-order valence-electron chi connectivity index (χ2n) is 8.02. The van der Waals surface area contributed by atoms with Crippen molar-refractivity contribution < 1.29 is 47.6 Å². The van der Waals surface area contributed by atoms with Gasteiger partial charge in [0, 0.05) is 36.1 Å². The minimum absolute atomic E-state index is 0.174.